The Kier molecular flexibility index (Phi) is 4.65. The van der Waals surface area contributed by atoms with Crippen LogP contribution < -0.4 is 4.72 Å². The highest BCUT2D eigenvalue weighted by atomic mass is 32.2. The Hall–Kier alpha value is -1.19. The molecule has 8 nitrogen and oxygen atoms in total. The van der Waals surface area contributed by atoms with Crippen LogP contribution in [-0.4, -0.2) is 57.1 Å². The number of aliphatic carboxylic acids is 1. The van der Waals surface area contributed by atoms with E-state index in [-0.39, 0.29) is 13.2 Å². The van der Waals surface area contributed by atoms with Gasteiger partial charge in [-0.05, 0) is 6.92 Å². The van der Waals surface area contributed by atoms with Crippen molar-refractivity contribution in [2.75, 3.05) is 20.3 Å². The normalized spacial score (nSPS) is 25.7. The molecule has 1 aliphatic heterocycles. The summed E-state index contributed by atoms with van der Waals surface area (Å²) in [7, 11) is -2.91. The Morgan fingerprint density at radius 1 is 1.44 bits per heavy atom. The van der Waals surface area contributed by atoms with E-state index in [2.05, 4.69) is 9.46 Å². The Balaban J connectivity index is 2.77. The second kappa shape index (κ2) is 5.63. The molecular formula is C9H15NO7S. The molecule has 3 atom stereocenters. The van der Waals surface area contributed by atoms with Crippen molar-refractivity contribution in [3.63, 3.8) is 0 Å². The number of carboxylic acid groups (broad SMARTS) is 1. The lowest BCUT2D eigenvalue weighted by molar-refractivity contribution is -0.142. The molecule has 0 aromatic heterocycles. The highest BCUT2D eigenvalue weighted by molar-refractivity contribution is 7.90. The summed E-state index contributed by atoms with van der Waals surface area (Å²) in [5.41, 5.74) is 0. The van der Waals surface area contributed by atoms with Crippen LogP contribution in [0.5, 0.6) is 0 Å². The van der Waals surface area contributed by atoms with Crippen LogP contribution in [-0.2, 0) is 29.1 Å². The van der Waals surface area contributed by atoms with Crippen molar-refractivity contribution >= 4 is 22.0 Å². The summed E-state index contributed by atoms with van der Waals surface area (Å²) >= 11 is 0. The predicted molar refractivity (Wildman–Crippen MR) is 59.3 cm³/mol. The summed E-state index contributed by atoms with van der Waals surface area (Å²) in [6, 6.07) is -0.875. The SMILES string of the molecule is COC(=O)C(C)S(=O)(=O)NC1COCC1C(=O)O. The molecule has 0 aliphatic carbocycles. The maximum Gasteiger partial charge on any atom is 0.325 e. The summed E-state index contributed by atoms with van der Waals surface area (Å²) in [5, 5.41) is 7.46. The Morgan fingerprint density at radius 2 is 2.06 bits per heavy atom. The molecule has 1 aliphatic rings. The lowest BCUT2D eigenvalue weighted by Crippen LogP contribution is -2.47. The fourth-order valence-corrected chi connectivity index (χ4v) is 2.73. The summed E-state index contributed by atoms with van der Waals surface area (Å²) in [6.45, 7) is 1.07. The van der Waals surface area contributed by atoms with Crippen molar-refractivity contribution < 1.29 is 32.6 Å². The van der Waals surface area contributed by atoms with E-state index < -0.39 is 39.2 Å². The number of carbonyl (C=O) groups is 2. The van der Waals surface area contributed by atoms with E-state index in [4.69, 9.17) is 9.84 Å². The molecule has 0 spiro atoms. The molecule has 9 heteroatoms. The summed E-state index contributed by atoms with van der Waals surface area (Å²) in [6.07, 6.45) is 0. The zero-order chi connectivity index (χ0) is 13.9. The van der Waals surface area contributed by atoms with Gasteiger partial charge in [-0.15, -0.1) is 0 Å². The first-order valence-corrected chi connectivity index (χ1v) is 6.73. The van der Waals surface area contributed by atoms with Crippen LogP contribution in [0.1, 0.15) is 6.92 Å². The van der Waals surface area contributed by atoms with E-state index in [0.29, 0.717) is 0 Å². The molecule has 18 heavy (non-hydrogen) atoms. The predicted octanol–water partition coefficient (Wildman–Crippen LogP) is -1.43. The van der Waals surface area contributed by atoms with Crippen molar-refractivity contribution in [2.45, 2.75) is 18.2 Å². The molecule has 0 amide bonds. The van der Waals surface area contributed by atoms with Gasteiger partial charge >= 0.3 is 11.9 Å². The maximum absolute atomic E-state index is 11.8. The molecule has 1 rings (SSSR count). The van der Waals surface area contributed by atoms with E-state index in [1.165, 1.54) is 6.92 Å². The van der Waals surface area contributed by atoms with E-state index in [1.807, 2.05) is 0 Å². The molecule has 1 heterocycles. The number of rotatable bonds is 5. The van der Waals surface area contributed by atoms with Gasteiger partial charge in [-0.3, -0.25) is 9.59 Å². The molecule has 1 saturated heterocycles. The molecule has 0 aromatic carbocycles. The van der Waals surface area contributed by atoms with Gasteiger partial charge in [0.15, 0.2) is 5.25 Å². The van der Waals surface area contributed by atoms with Crippen molar-refractivity contribution in [3.05, 3.63) is 0 Å². The largest absolute Gasteiger partial charge is 0.481 e. The van der Waals surface area contributed by atoms with Gasteiger partial charge < -0.3 is 14.6 Å². The van der Waals surface area contributed by atoms with Gasteiger partial charge in [0, 0.05) is 0 Å². The highest BCUT2D eigenvalue weighted by Crippen LogP contribution is 2.16. The fourth-order valence-electron chi connectivity index (χ4n) is 1.52. The third-order valence-corrected chi connectivity index (χ3v) is 4.47. The lowest BCUT2D eigenvalue weighted by Gasteiger charge is -2.18. The maximum atomic E-state index is 11.8. The Morgan fingerprint density at radius 3 is 2.56 bits per heavy atom. The average Bonchev–Trinajstić information content (AvgIpc) is 2.74. The number of carbonyl (C=O) groups excluding carboxylic acids is 1. The monoisotopic (exact) mass is 281 g/mol. The van der Waals surface area contributed by atoms with Crippen molar-refractivity contribution in [1.29, 1.82) is 0 Å². The second-order valence-electron chi connectivity index (χ2n) is 3.92. The van der Waals surface area contributed by atoms with E-state index in [9.17, 15) is 18.0 Å². The number of esters is 1. The standard InChI is InChI=1S/C9H15NO7S/c1-5(9(13)16-2)18(14,15)10-7-4-17-3-6(7)8(11)12/h5-7,10H,3-4H2,1-2H3,(H,11,12). The van der Waals surface area contributed by atoms with E-state index >= 15 is 0 Å². The number of nitrogens with one attached hydrogen (secondary N) is 1. The minimum atomic E-state index is -3.99. The molecule has 0 bridgehead atoms. The van der Waals surface area contributed by atoms with Gasteiger partial charge in [-0.1, -0.05) is 0 Å². The molecule has 0 aromatic rings. The van der Waals surface area contributed by atoms with E-state index in [1.54, 1.807) is 0 Å². The van der Waals surface area contributed by atoms with Crippen LogP contribution >= 0.6 is 0 Å². The van der Waals surface area contributed by atoms with Gasteiger partial charge in [0.2, 0.25) is 10.0 Å². The average molecular weight is 281 g/mol. The van der Waals surface area contributed by atoms with Crippen molar-refractivity contribution in [3.8, 4) is 0 Å². The summed E-state index contributed by atoms with van der Waals surface area (Å²) in [5.74, 6) is -3.01. The number of hydrogen-bond acceptors (Lipinski definition) is 6. The number of ether oxygens (including phenoxy) is 2. The van der Waals surface area contributed by atoms with Crippen LogP contribution in [0.25, 0.3) is 0 Å². The number of sulfonamides is 1. The molecule has 104 valence electrons. The second-order valence-corrected chi connectivity index (χ2v) is 5.95. The minimum absolute atomic E-state index is 0.0376. The van der Waals surface area contributed by atoms with Crippen LogP contribution in [0, 0.1) is 5.92 Å². The summed E-state index contributed by atoms with van der Waals surface area (Å²) in [4.78, 5) is 22.0. The van der Waals surface area contributed by atoms with Crippen molar-refractivity contribution in [1.82, 2.24) is 4.72 Å². The molecule has 3 unspecified atom stereocenters. The summed E-state index contributed by atoms with van der Waals surface area (Å²) < 4.78 is 35.0. The van der Waals surface area contributed by atoms with Crippen LogP contribution in [0.4, 0.5) is 0 Å². The van der Waals surface area contributed by atoms with Gasteiger partial charge in [-0.2, -0.15) is 0 Å². The minimum Gasteiger partial charge on any atom is -0.481 e. The topological polar surface area (TPSA) is 119 Å². The zero-order valence-electron chi connectivity index (χ0n) is 9.95. The van der Waals surface area contributed by atoms with Gasteiger partial charge in [0.1, 0.15) is 0 Å². The third kappa shape index (κ3) is 3.18. The van der Waals surface area contributed by atoms with Crippen molar-refractivity contribution in [2.24, 2.45) is 5.92 Å². The molecule has 0 saturated carbocycles. The first-order valence-electron chi connectivity index (χ1n) is 5.19. The molecule has 1 fully saturated rings. The smallest absolute Gasteiger partial charge is 0.325 e. The quantitative estimate of drug-likeness (QED) is 0.593. The van der Waals surface area contributed by atoms with Crippen LogP contribution in [0.3, 0.4) is 0 Å². The lowest BCUT2D eigenvalue weighted by atomic mass is 10.1. The van der Waals surface area contributed by atoms with Gasteiger partial charge in [-0.25, -0.2) is 13.1 Å². The van der Waals surface area contributed by atoms with Crippen LogP contribution in [0.15, 0.2) is 0 Å². The van der Waals surface area contributed by atoms with Gasteiger partial charge in [0.05, 0.1) is 32.3 Å². The fraction of sp³-hybridized carbons (Fsp3) is 0.778. The molecular weight excluding hydrogens is 266 g/mol. The Labute approximate surface area is 104 Å². The van der Waals surface area contributed by atoms with E-state index in [0.717, 1.165) is 7.11 Å². The highest BCUT2D eigenvalue weighted by Gasteiger charge is 2.39. The van der Waals surface area contributed by atoms with Gasteiger partial charge in [0.25, 0.3) is 0 Å². The number of methoxy groups -OCH3 is 1. The first-order chi connectivity index (χ1) is 8.29. The molecule has 2 N–H and O–H groups in total. The van der Waals surface area contributed by atoms with Crippen LogP contribution in [0.2, 0.25) is 0 Å². The number of carboxylic acids is 1. The third-order valence-electron chi connectivity index (χ3n) is 2.71. The molecule has 0 radical (unpaired) electrons. The zero-order valence-corrected chi connectivity index (χ0v) is 10.8. The Bertz CT molecular complexity index is 432. The first kappa shape index (κ1) is 14.9. The number of hydrogen-bond donors (Lipinski definition) is 2.